The van der Waals surface area contributed by atoms with Crippen LogP contribution in [0.3, 0.4) is 0 Å². The Kier molecular flexibility index (Phi) is 8.05. The molecule has 2 aliphatic heterocycles. The summed E-state index contributed by atoms with van der Waals surface area (Å²) in [6.45, 7) is 1.39. The lowest BCUT2D eigenvalue weighted by Gasteiger charge is -2.43. The van der Waals surface area contributed by atoms with Crippen molar-refractivity contribution in [3.63, 3.8) is 0 Å². The molecule has 0 aromatic rings. The maximum Gasteiger partial charge on any atom is 0.335 e. The van der Waals surface area contributed by atoms with E-state index in [-0.39, 0.29) is 12.2 Å². The van der Waals surface area contributed by atoms with E-state index in [2.05, 4.69) is 0 Å². The largest absolute Gasteiger partial charge is 0.478 e. The maximum absolute atomic E-state index is 11.8. The van der Waals surface area contributed by atoms with E-state index in [1.54, 1.807) is 6.08 Å². The molecule has 3 aliphatic rings. The van der Waals surface area contributed by atoms with Crippen molar-refractivity contribution in [1.82, 2.24) is 0 Å². The average Bonchev–Trinajstić information content (AvgIpc) is 3.13. The second kappa shape index (κ2) is 10.4. The van der Waals surface area contributed by atoms with Crippen molar-refractivity contribution >= 4 is 5.97 Å². The molecule has 1 fully saturated rings. The van der Waals surface area contributed by atoms with Crippen molar-refractivity contribution in [3.8, 4) is 0 Å². The summed E-state index contributed by atoms with van der Waals surface area (Å²) in [4.78, 5) is 11.8. The Morgan fingerprint density at radius 3 is 2.45 bits per heavy atom. The van der Waals surface area contributed by atoms with Gasteiger partial charge in [0.2, 0.25) is 6.29 Å². The van der Waals surface area contributed by atoms with Crippen LogP contribution in [0, 0.1) is 11.8 Å². The minimum atomic E-state index is -1.65. The van der Waals surface area contributed by atoms with E-state index in [1.165, 1.54) is 0 Å². The number of unbranched alkanes of at least 4 members (excludes halogenated alkanes) is 1. The Morgan fingerprint density at radius 2 is 1.84 bits per heavy atom. The summed E-state index contributed by atoms with van der Waals surface area (Å²) in [6.07, 6.45) is -4.90. The van der Waals surface area contributed by atoms with Crippen LogP contribution in [0.25, 0.3) is 0 Å². The van der Waals surface area contributed by atoms with Gasteiger partial charge in [0.15, 0.2) is 6.29 Å². The van der Waals surface area contributed by atoms with Crippen LogP contribution in [0.1, 0.15) is 19.8 Å². The molecule has 9 atom stereocenters. The standard InChI is InChI=1S/C20H30O11/c1-2-3-4-28-11-5-9(6-21)13-14(11)10(18(26)27)8-29-19(13)31-20-17(25)16(24)15(23)12(7-22)30-20/h5,8,11-17,19-25H,2-4,6-7H2,1H3,(H,26,27)/t11-,12+,13+,14-,15+,16-,17+,19-,20-/m0/s1. The summed E-state index contributed by atoms with van der Waals surface area (Å²) in [5.74, 6) is -2.65. The lowest BCUT2D eigenvalue weighted by molar-refractivity contribution is -0.340. The lowest BCUT2D eigenvalue weighted by Crippen LogP contribution is -2.60. The van der Waals surface area contributed by atoms with E-state index in [0.717, 1.165) is 19.1 Å². The summed E-state index contributed by atoms with van der Waals surface area (Å²) < 4.78 is 22.4. The van der Waals surface area contributed by atoms with Crippen LogP contribution in [-0.2, 0) is 23.7 Å². The first-order chi connectivity index (χ1) is 14.8. The quantitative estimate of drug-likeness (QED) is 0.179. The van der Waals surface area contributed by atoms with Gasteiger partial charge in [0.25, 0.3) is 0 Å². The third-order valence-corrected chi connectivity index (χ3v) is 5.88. The summed E-state index contributed by atoms with van der Waals surface area (Å²) in [7, 11) is 0. The topological polar surface area (TPSA) is 175 Å². The van der Waals surface area contributed by atoms with E-state index in [0.29, 0.717) is 12.2 Å². The van der Waals surface area contributed by atoms with Gasteiger partial charge in [-0.3, -0.25) is 0 Å². The van der Waals surface area contributed by atoms with Gasteiger partial charge < -0.3 is 49.6 Å². The van der Waals surface area contributed by atoms with Crippen LogP contribution >= 0.6 is 0 Å². The molecule has 3 rings (SSSR count). The molecule has 2 heterocycles. The molecule has 0 saturated carbocycles. The van der Waals surface area contributed by atoms with E-state index < -0.39 is 67.5 Å². The van der Waals surface area contributed by atoms with Crippen LogP contribution in [0.15, 0.2) is 23.5 Å². The van der Waals surface area contributed by atoms with Crippen LogP contribution in [0.2, 0.25) is 0 Å². The fraction of sp³-hybridized carbons (Fsp3) is 0.750. The van der Waals surface area contributed by atoms with Crippen LogP contribution in [-0.4, -0.2) is 99.5 Å². The van der Waals surface area contributed by atoms with Crippen molar-refractivity contribution in [2.45, 2.75) is 62.9 Å². The normalized spacial score (nSPS) is 40.0. The molecule has 176 valence electrons. The lowest BCUT2D eigenvalue weighted by atomic mass is 9.82. The molecule has 0 unspecified atom stereocenters. The first kappa shape index (κ1) is 24.1. The van der Waals surface area contributed by atoms with Crippen molar-refractivity contribution in [3.05, 3.63) is 23.5 Å². The number of hydrogen-bond acceptors (Lipinski definition) is 10. The number of hydrogen-bond donors (Lipinski definition) is 6. The van der Waals surface area contributed by atoms with Crippen LogP contribution in [0.4, 0.5) is 0 Å². The number of rotatable bonds is 9. The van der Waals surface area contributed by atoms with Gasteiger partial charge in [-0.1, -0.05) is 19.4 Å². The van der Waals surface area contributed by atoms with Gasteiger partial charge in [-0.15, -0.1) is 0 Å². The number of fused-ring (bicyclic) bond motifs is 1. The van der Waals surface area contributed by atoms with E-state index in [9.17, 15) is 35.4 Å². The third kappa shape index (κ3) is 4.78. The molecular formula is C20H30O11. The highest BCUT2D eigenvalue weighted by Gasteiger charge is 2.52. The summed E-state index contributed by atoms with van der Waals surface area (Å²) in [6, 6.07) is 0. The fourth-order valence-corrected chi connectivity index (χ4v) is 4.17. The van der Waals surface area contributed by atoms with Crippen LogP contribution in [0.5, 0.6) is 0 Å². The molecule has 0 aromatic heterocycles. The zero-order valence-electron chi connectivity index (χ0n) is 17.1. The summed E-state index contributed by atoms with van der Waals surface area (Å²) in [5, 5.41) is 59.0. The smallest absolute Gasteiger partial charge is 0.335 e. The molecule has 0 amide bonds. The molecule has 11 heteroatoms. The number of aliphatic hydroxyl groups excluding tert-OH is 5. The average molecular weight is 446 g/mol. The Bertz CT molecular complexity index is 691. The molecule has 0 bridgehead atoms. The Labute approximate surface area is 179 Å². The zero-order chi connectivity index (χ0) is 22.7. The first-order valence-corrected chi connectivity index (χ1v) is 10.3. The minimum Gasteiger partial charge on any atom is -0.478 e. The van der Waals surface area contributed by atoms with Crippen molar-refractivity contribution < 1.29 is 54.4 Å². The third-order valence-electron chi connectivity index (χ3n) is 5.88. The van der Waals surface area contributed by atoms with Crippen molar-refractivity contribution in [2.75, 3.05) is 19.8 Å². The second-order valence-corrected chi connectivity index (χ2v) is 7.86. The number of carbonyl (C=O) groups is 1. The molecule has 1 aliphatic carbocycles. The molecule has 6 N–H and O–H groups in total. The molecule has 0 aromatic carbocycles. The molecule has 0 radical (unpaired) electrons. The number of carboxylic acids is 1. The van der Waals surface area contributed by atoms with Gasteiger partial charge in [0, 0.05) is 12.5 Å². The predicted octanol–water partition coefficient (Wildman–Crippen LogP) is -1.52. The molecule has 11 nitrogen and oxygen atoms in total. The highest BCUT2D eigenvalue weighted by Crippen LogP contribution is 2.45. The number of aliphatic carboxylic acids is 1. The van der Waals surface area contributed by atoms with Crippen molar-refractivity contribution in [2.24, 2.45) is 11.8 Å². The molecule has 1 saturated heterocycles. The van der Waals surface area contributed by atoms with Gasteiger partial charge in [0.1, 0.15) is 24.4 Å². The van der Waals surface area contributed by atoms with Crippen molar-refractivity contribution in [1.29, 1.82) is 0 Å². The van der Waals surface area contributed by atoms with Gasteiger partial charge in [-0.2, -0.15) is 0 Å². The van der Waals surface area contributed by atoms with Crippen LogP contribution < -0.4 is 0 Å². The highest BCUT2D eigenvalue weighted by molar-refractivity contribution is 5.87. The van der Waals surface area contributed by atoms with E-state index in [1.807, 2.05) is 6.92 Å². The maximum atomic E-state index is 11.8. The number of ether oxygens (including phenoxy) is 4. The van der Waals surface area contributed by atoms with Gasteiger partial charge in [0.05, 0.1) is 37.1 Å². The Balaban J connectivity index is 1.83. The molecule has 0 spiro atoms. The molecular weight excluding hydrogens is 416 g/mol. The SMILES string of the molecule is CCCCO[C@H]1C=C(CO)[C@H]2[C@H](O[C@@H]3O[C@H](CO)[C@@H](O)[C@H](O)[C@H]3O)OC=C(C(=O)O)[C@H]21. The Morgan fingerprint density at radius 1 is 1.10 bits per heavy atom. The minimum absolute atomic E-state index is 0.0418. The first-order valence-electron chi connectivity index (χ1n) is 10.3. The van der Waals surface area contributed by atoms with Gasteiger partial charge in [-0.05, 0) is 12.0 Å². The Hall–Kier alpha value is -1.57. The zero-order valence-corrected chi connectivity index (χ0v) is 17.1. The second-order valence-electron chi connectivity index (χ2n) is 7.86. The van der Waals surface area contributed by atoms with Gasteiger partial charge in [-0.25, -0.2) is 4.79 Å². The number of aliphatic hydroxyl groups is 5. The van der Waals surface area contributed by atoms with E-state index >= 15 is 0 Å². The fourth-order valence-electron chi connectivity index (χ4n) is 4.17. The van der Waals surface area contributed by atoms with E-state index in [4.69, 9.17) is 18.9 Å². The summed E-state index contributed by atoms with van der Waals surface area (Å²) >= 11 is 0. The summed E-state index contributed by atoms with van der Waals surface area (Å²) in [5.41, 5.74) is 0.410. The predicted molar refractivity (Wildman–Crippen MR) is 102 cm³/mol. The molecule has 31 heavy (non-hydrogen) atoms. The highest BCUT2D eigenvalue weighted by atomic mass is 16.8. The monoisotopic (exact) mass is 446 g/mol. The number of carboxylic acid groups (broad SMARTS) is 1. The van der Waals surface area contributed by atoms with Gasteiger partial charge >= 0.3 is 5.97 Å².